The molecule has 0 saturated heterocycles. The Balaban J connectivity index is 0.000000648. The van der Waals surface area contributed by atoms with Crippen LogP contribution in [-0.4, -0.2) is 34.2 Å². The fraction of sp³-hybridized carbons (Fsp3) is 0.353. The van der Waals surface area contributed by atoms with Gasteiger partial charge in [-0.25, -0.2) is 4.99 Å². The number of aromatic amines is 1. The van der Waals surface area contributed by atoms with Gasteiger partial charge in [-0.3, -0.25) is 9.89 Å². The number of H-pyrrole nitrogens is 1. The molecule has 0 radical (unpaired) electrons. The molecule has 0 spiro atoms. The molecule has 0 atom stereocenters. The van der Waals surface area contributed by atoms with E-state index in [9.17, 15) is 0 Å². The standard InChI is InChI=1S/C15H20N4O.C2H4O2/c1-8-6-12(20-5)7-9(2)13(8)14-10(3)18-19-15(14)17-11(4)16;1-2(3)4/h6-7H,1-5H3,(H3,16,17,18,19);1H3,(H,3,4). The number of aromatic nitrogens is 2. The molecular formula is C17H24N4O3. The van der Waals surface area contributed by atoms with Crippen LogP contribution >= 0.6 is 0 Å². The highest BCUT2D eigenvalue weighted by atomic mass is 16.5. The maximum Gasteiger partial charge on any atom is 0.300 e. The number of aliphatic imine (C=N–C) groups is 1. The molecule has 1 heterocycles. The van der Waals surface area contributed by atoms with E-state index in [-0.39, 0.29) is 0 Å². The van der Waals surface area contributed by atoms with Crippen molar-refractivity contribution in [2.24, 2.45) is 10.7 Å². The van der Waals surface area contributed by atoms with Gasteiger partial charge in [0.1, 0.15) is 5.75 Å². The molecule has 0 amide bonds. The molecule has 0 aliphatic carbocycles. The first-order valence-corrected chi connectivity index (χ1v) is 7.38. The molecule has 130 valence electrons. The van der Waals surface area contributed by atoms with Crippen LogP contribution in [0, 0.1) is 20.8 Å². The number of aliphatic carboxylic acids is 1. The van der Waals surface area contributed by atoms with Crippen molar-refractivity contribution in [2.45, 2.75) is 34.6 Å². The van der Waals surface area contributed by atoms with Gasteiger partial charge in [-0.15, -0.1) is 0 Å². The lowest BCUT2D eigenvalue weighted by molar-refractivity contribution is -0.134. The number of carboxylic acids is 1. The molecule has 0 aliphatic rings. The third-order valence-corrected chi connectivity index (χ3v) is 3.20. The summed E-state index contributed by atoms with van der Waals surface area (Å²) in [5, 5.41) is 14.6. The van der Waals surface area contributed by atoms with Gasteiger partial charge in [0, 0.05) is 18.2 Å². The van der Waals surface area contributed by atoms with Crippen LogP contribution in [-0.2, 0) is 4.79 Å². The molecule has 2 rings (SSSR count). The fourth-order valence-corrected chi connectivity index (χ4v) is 2.40. The zero-order valence-corrected chi connectivity index (χ0v) is 14.9. The number of ether oxygens (including phenoxy) is 1. The number of rotatable bonds is 3. The van der Waals surface area contributed by atoms with Gasteiger partial charge in [0.2, 0.25) is 0 Å². The zero-order chi connectivity index (χ0) is 18.4. The number of aryl methyl sites for hydroxylation is 3. The molecule has 0 fully saturated rings. The molecule has 0 bridgehead atoms. The maximum atomic E-state index is 9.00. The highest BCUT2D eigenvalue weighted by Gasteiger charge is 2.17. The van der Waals surface area contributed by atoms with Crippen LogP contribution in [0.15, 0.2) is 17.1 Å². The summed E-state index contributed by atoms with van der Waals surface area (Å²) in [7, 11) is 1.67. The second kappa shape index (κ2) is 8.14. The van der Waals surface area contributed by atoms with Crippen LogP contribution < -0.4 is 10.5 Å². The Morgan fingerprint density at radius 3 is 2.12 bits per heavy atom. The minimum Gasteiger partial charge on any atom is -0.497 e. The summed E-state index contributed by atoms with van der Waals surface area (Å²) in [5.74, 6) is 1.13. The van der Waals surface area contributed by atoms with Crippen LogP contribution in [0.3, 0.4) is 0 Å². The normalized spacial score (nSPS) is 10.8. The average Bonchev–Trinajstić information content (AvgIpc) is 2.78. The number of carbonyl (C=O) groups is 1. The van der Waals surface area contributed by atoms with Gasteiger partial charge in [-0.05, 0) is 56.5 Å². The molecule has 7 nitrogen and oxygen atoms in total. The number of carboxylic acid groups (broad SMARTS) is 1. The third kappa shape index (κ3) is 4.84. The van der Waals surface area contributed by atoms with Crippen LogP contribution in [0.25, 0.3) is 11.1 Å². The molecule has 4 N–H and O–H groups in total. The lowest BCUT2D eigenvalue weighted by Gasteiger charge is -2.12. The summed E-state index contributed by atoms with van der Waals surface area (Å²) in [6, 6.07) is 4.02. The van der Waals surface area contributed by atoms with E-state index in [1.165, 1.54) is 0 Å². The van der Waals surface area contributed by atoms with Crippen LogP contribution in [0.2, 0.25) is 0 Å². The van der Waals surface area contributed by atoms with Crippen LogP contribution in [0.5, 0.6) is 5.75 Å². The zero-order valence-electron chi connectivity index (χ0n) is 14.9. The van der Waals surface area contributed by atoms with Crippen molar-refractivity contribution in [2.75, 3.05) is 7.11 Å². The maximum absolute atomic E-state index is 9.00. The topological polar surface area (TPSA) is 114 Å². The number of nitrogens with zero attached hydrogens (tertiary/aromatic N) is 2. The lowest BCUT2D eigenvalue weighted by Crippen LogP contribution is -2.04. The SMILES string of the molecule is CC(=O)O.COc1cc(C)c(-c2c(N=C(C)N)n[nH]c2C)c(C)c1. The van der Waals surface area contributed by atoms with E-state index in [0.29, 0.717) is 11.7 Å². The summed E-state index contributed by atoms with van der Waals surface area (Å²) in [6.07, 6.45) is 0. The Hall–Kier alpha value is -2.83. The second-order valence-corrected chi connectivity index (χ2v) is 5.46. The van der Waals surface area contributed by atoms with Crippen molar-refractivity contribution in [1.82, 2.24) is 10.2 Å². The number of hydrogen-bond donors (Lipinski definition) is 3. The van der Waals surface area contributed by atoms with Gasteiger partial charge in [0.25, 0.3) is 5.97 Å². The second-order valence-electron chi connectivity index (χ2n) is 5.46. The van der Waals surface area contributed by atoms with E-state index in [0.717, 1.165) is 40.6 Å². The Bertz CT molecular complexity index is 732. The van der Waals surface area contributed by atoms with Crippen LogP contribution in [0.1, 0.15) is 30.7 Å². The van der Waals surface area contributed by atoms with Gasteiger partial charge >= 0.3 is 0 Å². The van der Waals surface area contributed by atoms with Crippen molar-refractivity contribution in [3.8, 4) is 16.9 Å². The van der Waals surface area contributed by atoms with Crippen molar-refractivity contribution >= 4 is 17.6 Å². The number of amidine groups is 1. The first kappa shape index (κ1) is 19.2. The van der Waals surface area contributed by atoms with E-state index in [2.05, 4.69) is 29.0 Å². The van der Waals surface area contributed by atoms with E-state index in [4.69, 9.17) is 20.4 Å². The molecule has 1 aromatic carbocycles. The summed E-state index contributed by atoms with van der Waals surface area (Å²) in [4.78, 5) is 13.3. The van der Waals surface area contributed by atoms with Crippen molar-refractivity contribution in [3.05, 3.63) is 29.0 Å². The predicted octanol–water partition coefficient (Wildman–Crippen LogP) is 3.11. The molecule has 1 aromatic heterocycles. The number of hydrogen-bond acceptors (Lipinski definition) is 4. The van der Waals surface area contributed by atoms with Crippen molar-refractivity contribution in [1.29, 1.82) is 0 Å². The fourth-order valence-electron chi connectivity index (χ4n) is 2.40. The number of nitrogens with one attached hydrogen (secondary N) is 1. The third-order valence-electron chi connectivity index (χ3n) is 3.20. The molecule has 24 heavy (non-hydrogen) atoms. The first-order chi connectivity index (χ1) is 11.2. The Morgan fingerprint density at radius 2 is 1.71 bits per heavy atom. The van der Waals surface area contributed by atoms with Crippen molar-refractivity contribution < 1.29 is 14.6 Å². The molecule has 2 aromatic rings. The average molecular weight is 332 g/mol. The van der Waals surface area contributed by atoms with Gasteiger partial charge in [-0.2, -0.15) is 5.10 Å². The van der Waals surface area contributed by atoms with E-state index >= 15 is 0 Å². The minimum absolute atomic E-state index is 0.488. The van der Waals surface area contributed by atoms with Gasteiger partial charge in [0.15, 0.2) is 5.82 Å². The smallest absolute Gasteiger partial charge is 0.300 e. The molecular weight excluding hydrogens is 308 g/mol. The highest BCUT2D eigenvalue weighted by Crippen LogP contribution is 2.37. The van der Waals surface area contributed by atoms with Gasteiger partial charge in [-0.1, -0.05) is 0 Å². The quantitative estimate of drug-likeness (QED) is 0.590. The van der Waals surface area contributed by atoms with E-state index < -0.39 is 5.97 Å². The lowest BCUT2D eigenvalue weighted by atomic mass is 9.95. The highest BCUT2D eigenvalue weighted by molar-refractivity contribution is 5.86. The predicted molar refractivity (Wildman–Crippen MR) is 95.1 cm³/mol. The number of nitrogens with two attached hydrogens (primary N) is 1. The molecule has 7 heteroatoms. The largest absolute Gasteiger partial charge is 0.497 e. The summed E-state index contributed by atoms with van der Waals surface area (Å²) in [6.45, 7) is 8.93. The summed E-state index contributed by atoms with van der Waals surface area (Å²) in [5.41, 5.74) is 11.0. The molecule has 0 saturated carbocycles. The van der Waals surface area contributed by atoms with Crippen molar-refractivity contribution in [3.63, 3.8) is 0 Å². The van der Waals surface area contributed by atoms with Gasteiger partial charge in [0.05, 0.1) is 12.9 Å². The summed E-state index contributed by atoms with van der Waals surface area (Å²) >= 11 is 0. The van der Waals surface area contributed by atoms with E-state index in [1.54, 1.807) is 14.0 Å². The molecule has 0 aliphatic heterocycles. The van der Waals surface area contributed by atoms with Gasteiger partial charge < -0.3 is 15.6 Å². The van der Waals surface area contributed by atoms with E-state index in [1.807, 2.05) is 19.1 Å². The number of methoxy groups -OCH3 is 1. The Kier molecular flexibility index (Phi) is 6.52. The van der Waals surface area contributed by atoms with Crippen LogP contribution in [0.4, 0.5) is 5.82 Å². The monoisotopic (exact) mass is 332 g/mol. The molecule has 0 unspecified atom stereocenters. The number of benzene rings is 1. The minimum atomic E-state index is -0.833. The first-order valence-electron chi connectivity index (χ1n) is 7.38. The Labute approximate surface area is 141 Å². The summed E-state index contributed by atoms with van der Waals surface area (Å²) < 4.78 is 5.30. The Morgan fingerprint density at radius 1 is 1.21 bits per heavy atom.